The molecule has 2 heterocycles. The summed E-state index contributed by atoms with van der Waals surface area (Å²) < 4.78 is 5.35. The van der Waals surface area contributed by atoms with Gasteiger partial charge in [0.15, 0.2) is 0 Å². The van der Waals surface area contributed by atoms with Crippen molar-refractivity contribution in [1.82, 2.24) is 15.2 Å². The number of rotatable bonds is 3. The van der Waals surface area contributed by atoms with Crippen LogP contribution in [0.2, 0.25) is 0 Å². The summed E-state index contributed by atoms with van der Waals surface area (Å²) in [5.41, 5.74) is 2.00. The summed E-state index contributed by atoms with van der Waals surface area (Å²) in [6.07, 6.45) is 1.74. The van der Waals surface area contributed by atoms with Crippen LogP contribution in [0.1, 0.15) is 26.3 Å². The number of ether oxygens (including phenoxy) is 1. The predicted octanol–water partition coefficient (Wildman–Crippen LogP) is 2.88. The molecule has 0 spiro atoms. The number of aromatic nitrogens is 1. The van der Waals surface area contributed by atoms with Crippen molar-refractivity contribution < 1.29 is 9.53 Å². The van der Waals surface area contributed by atoms with E-state index in [2.05, 4.69) is 34.6 Å². The molecule has 0 atom stereocenters. The molecular weight excluding hydrogens is 278 g/mol. The molecule has 1 fully saturated rings. The van der Waals surface area contributed by atoms with Gasteiger partial charge in [-0.05, 0) is 37.8 Å². The van der Waals surface area contributed by atoms with E-state index in [0.29, 0.717) is 19.1 Å². The minimum absolute atomic E-state index is 0.225. The summed E-state index contributed by atoms with van der Waals surface area (Å²) in [7, 11) is 0. The normalized spacial score (nSPS) is 15.9. The number of nitrogens with one attached hydrogen (secondary N) is 2. The lowest BCUT2D eigenvalue weighted by Crippen LogP contribution is -2.60. The number of H-pyrrole nitrogens is 1. The summed E-state index contributed by atoms with van der Waals surface area (Å²) in [6.45, 7) is 7.86. The minimum atomic E-state index is -0.432. The minimum Gasteiger partial charge on any atom is -0.444 e. The van der Waals surface area contributed by atoms with Crippen molar-refractivity contribution in [2.75, 3.05) is 13.1 Å². The molecule has 1 aromatic heterocycles. The number of amides is 1. The van der Waals surface area contributed by atoms with E-state index in [-0.39, 0.29) is 6.09 Å². The number of carbonyl (C=O) groups is 1. The molecule has 1 aliphatic heterocycles. The monoisotopic (exact) mass is 301 g/mol. The maximum absolute atomic E-state index is 11.9. The van der Waals surface area contributed by atoms with E-state index in [0.717, 1.165) is 6.54 Å². The first kappa shape index (κ1) is 14.9. The first-order valence-corrected chi connectivity index (χ1v) is 7.69. The fourth-order valence-electron chi connectivity index (χ4n) is 2.63. The highest BCUT2D eigenvalue weighted by molar-refractivity contribution is 5.82. The van der Waals surface area contributed by atoms with Crippen molar-refractivity contribution in [3.8, 4) is 0 Å². The standard InChI is InChI=1S/C17H23N3O2/c1-17(2,3)22-16(21)20-10-14(11-20)19-9-13-6-4-5-12-7-8-18-15(12)13/h4-8,14,18-19H,9-11H2,1-3H3. The van der Waals surface area contributed by atoms with E-state index in [9.17, 15) is 4.79 Å². The average Bonchev–Trinajstić information content (AvgIpc) is 2.83. The quantitative estimate of drug-likeness (QED) is 0.916. The highest BCUT2D eigenvalue weighted by Gasteiger charge is 2.33. The van der Waals surface area contributed by atoms with Gasteiger partial charge in [-0.25, -0.2) is 4.79 Å². The lowest BCUT2D eigenvalue weighted by molar-refractivity contribution is 0.00519. The van der Waals surface area contributed by atoms with Crippen LogP contribution in [0.5, 0.6) is 0 Å². The Hall–Kier alpha value is -2.01. The Bertz CT molecular complexity index is 666. The third kappa shape index (κ3) is 3.25. The topological polar surface area (TPSA) is 57.4 Å². The van der Waals surface area contributed by atoms with Crippen molar-refractivity contribution in [3.63, 3.8) is 0 Å². The van der Waals surface area contributed by atoms with E-state index < -0.39 is 5.60 Å². The predicted molar refractivity (Wildman–Crippen MR) is 86.7 cm³/mol. The number of aromatic amines is 1. The van der Waals surface area contributed by atoms with E-state index in [1.165, 1.54) is 16.5 Å². The maximum Gasteiger partial charge on any atom is 0.410 e. The van der Waals surface area contributed by atoms with Gasteiger partial charge in [-0.2, -0.15) is 0 Å². The number of para-hydroxylation sites is 1. The Kier molecular flexibility index (Phi) is 3.83. The lowest BCUT2D eigenvalue weighted by atomic mass is 10.1. The number of benzene rings is 1. The molecule has 3 rings (SSSR count). The molecule has 1 amide bonds. The van der Waals surface area contributed by atoms with Gasteiger partial charge < -0.3 is 19.9 Å². The van der Waals surface area contributed by atoms with Gasteiger partial charge in [-0.3, -0.25) is 0 Å². The van der Waals surface area contributed by atoms with Crippen LogP contribution in [-0.2, 0) is 11.3 Å². The number of likely N-dealkylation sites (tertiary alicyclic amines) is 1. The molecule has 2 aromatic rings. The summed E-state index contributed by atoms with van der Waals surface area (Å²) in [5.74, 6) is 0. The van der Waals surface area contributed by atoms with Gasteiger partial charge in [0.1, 0.15) is 5.60 Å². The molecule has 0 radical (unpaired) electrons. The van der Waals surface area contributed by atoms with Crippen molar-refractivity contribution >= 4 is 17.0 Å². The highest BCUT2D eigenvalue weighted by atomic mass is 16.6. The number of hydrogen-bond donors (Lipinski definition) is 2. The van der Waals surface area contributed by atoms with Gasteiger partial charge in [-0.15, -0.1) is 0 Å². The van der Waals surface area contributed by atoms with E-state index in [4.69, 9.17) is 4.74 Å². The molecule has 0 bridgehead atoms. The molecule has 0 unspecified atom stereocenters. The zero-order valence-electron chi connectivity index (χ0n) is 13.3. The van der Waals surface area contributed by atoms with Gasteiger partial charge in [0.2, 0.25) is 0 Å². The smallest absolute Gasteiger partial charge is 0.410 e. The fourth-order valence-corrected chi connectivity index (χ4v) is 2.63. The first-order valence-electron chi connectivity index (χ1n) is 7.69. The number of fused-ring (bicyclic) bond motifs is 1. The van der Waals surface area contributed by atoms with Gasteiger partial charge in [-0.1, -0.05) is 18.2 Å². The highest BCUT2D eigenvalue weighted by Crippen LogP contribution is 2.18. The van der Waals surface area contributed by atoms with Crippen LogP contribution >= 0.6 is 0 Å². The first-order chi connectivity index (χ1) is 10.4. The Morgan fingerprint density at radius 1 is 1.36 bits per heavy atom. The second-order valence-corrected chi connectivity index (χ2v) is 6.82. The maximum atomic E-state index is 11.9. The molecular formula is C17H23N3O2. The Balaban J connectivity index is 1.49. The zero-order chi connectivity index (χ0) is 15.7. The Morgan fingerprint density at radius 2 is 2.14 bits per heavy atom. The van der Waals surface area contributed by atoms with Crippen molar-refractivity contribution in [3.05, 3.63) is 36.0 Å². The molecule has 0 saturated carbocycles. The third-order valence-electron chi connectivity index (χ3n) is 3.79. The van der Waals surface area contributed by atoms with Crippen LogP contribution in [0.25, 0.3) is 10.9 Å². The van der Waals surface area contributed by atoms with Crippen molar-refractivity contribution in [2.45, 2.75) is 39.0 Å². The summed E-state index contributed by atoms with van der Waals surface area (Å²) in [5, 5.41) is 4.72. The van der Waals surface area contributed by atoms with E-state index in [1.54, 1.807) is 4.90 Å². The van der Waals surface area contributed by atoms with Gasteiger partial charge >= 0.3 is 6.09 Å². The SMILES string of the molecule is CC(C)(C)OC(=O)N1CC(NCc2cccc3cc[nH]c23)C1. The summed E-state index contributed by atoms with van der Waals surface area (Å²) in [6, 6.07) is 8.70. The Labute approximate surface area is 130 Å². The molecule has 1 saturated heterocycles. The molecule has 22 heavy (non-hydrogen) atoms. The zero-order valence-corrected chi connectivity index (χ0v) is 13.3. The van der Waals surface area contributed by atoms with E-state index >= 15 is 0 Å². The lowest BCUT2D eigenvalue weighted by Gasteiger charge is -2.40. The van der Waals surface area contributed by atoms with Crippen molar-refractivity contribution in [2.24, 2.45) is 0 Å². The van der Waals surface area contributed by atoms with Crippen LogP contribution in [-0.4, -0.2) is 40.7 Å². The largest absolute Gasteiger partial charge is 0.444 e. The summed E-state index contributed by atoms with van der Waals surface area (Å²) in [4.78, 5) is 16.9. The second-order valence-electron chi connectivity index (χ2n) is 6.82. The summed E-state index contributed by atoms with van der Waals surface area (Å²) >= 11 is 0. The molecule has 1 aliphatic rings. The average molecular weight is 301 g/mol. The number of hydrogen-bond acceptors (Lipinski definition) is 3. The molecule has 5 nitrogen and oxygen atoms in total. The van der Waals surface area contributed by atoms with Crippen LogP contribution in [0.15, 0.2) is 30.5 Å². The Morgan fingerprint density at radius 3 is 2.86 bits per heavy atom. The molecule has 1 aromatic carbocycles. The fraction of sp³-hybridized carbons (Fsp3) is 0.471. The van der Waals surface area contributed by atoms with Crippen LogP contribution in [0, 0.1) is 0 Å². The molecule has 5 heteroatoms. The van der Waals surface area contributed by atoms with Crippen molar-refractivity contribution in [1.29, 1.82) is 0 Å². The van der Waals surface area contributed by atoms with Gasteiger partial charge in [0.25, 0.3) is 0 Å². The molecule has 2 N–H and O–H groups in total. The number of carbonyl (C=O) groups excluding carboxylic acids is 1. The third-order valence-corrected chi connectivity index (χ3v) is 3.79. The second kappa shape index (κ2) is 5.65. The van der Waals surface area contributed by atoms with Crippen LogP contribution in [0.4, 0.5) is 4.79 Å². The van der Waals surface area contributed by atoms with Gasteiger partial charge in [0.05, 0.1) is 0 Å². The van der Waals surface area contributed by atoms with Crippen LogP contribution in [0.3, 0.4) is 0 Å². The number of nitrogens with zero attached hydrogens (tertiary/aromatic N) is 1. The molecule has 0 aliphatic carbocycles. The van der Waals surface area contributed by atoms with Gasteiger partial charge in [0, 0.05) is 37.4 Å². The van der Waals surface area contributed by atoms with E-state index in [1.807, 2.05) is 27.0 Å². The van der Waals surface area contributed by atoms with Crippen LogP contribution < -0.4 is 5.32 Å². The molecule has 118 valence electrons.